The van der Waals surface area contributed by atoms with E-state index in [4.69, 9.17) is 4.74 Å². The van der Waals surface area contributed by atoms with Crippen LogP contribution in [0, 0.1) is 10.1 Å². The van der Waals surface area contributed by atoms with E-state index in [0.717, 1.165) is 18.9 Å². The summed E-state index contributed by atoms with van der Waals surface area (Å²) in [7, 11) is 0. The molecule has 1 aromatic carbocycles. The van der Waals surface area contributed by atoms with Crippen molar-refractivity contribution in [2.75, 3.05) is 18.5 Å². The third-order valence-electron chi connectivity index (χ3n) is 2.76. The van der Waals surface area contributed by atoms with Crippen molar-refractivity contribution in [3.8, 4) is 5.75 Å². The molecule has 2 rings (SSSR count). The van der Waals surface area contributed by atoms with E-state index in [1.807, 2.05) is 0 Å². The number of benzene rings is 1. The number of phenolic OH excluding ortho intramolecular Hbond substituents is 1. The molecule has 92 valence electrons. The first-order valence-corrected chi connectivity index (χ1v) is 5.48. The topological polar surface area (TPSA) is 84.6 Å². The second-order valence-corrected chi connectivity index (χ2v) is 3.99. The largest absolute Gasteiger partial charge is 0.508 e. The minimum Gasteiger partial charge on any atom is -0.508 e. The number of aromatic hydroxyl groups is 1. The van der Waals surface area contributed by atoms with Gasteiger partial charge in [0, 0.05) is 19.3 Å². The quantitative estimate of drug-likeness (QED) is 0.477. The number of anilines is 1. The maximum Gasteiger partial charge on any atom is 0.296 e. The zero-order valence-corrected chi connectivity index (χ0v) is 9.26. The molecule has 0 atom stereocenters. The van der Waals surface area contributed by atoms with Crippen LogP contribution in [-0.2, 0) is 4.74 Å². The standard InChI is InChI=1S/C11H14N2O4/c14-9-1-2-10(11(7-9)13(15)16)12-8-3-5-17-6-4-8/h1-2,7-8,12,14H,3-6H2. The molecule has 1 heterocycles. The number of hydrogen-bond donors (Lipinski definition) is 2. The Labute approximate surface area is 98.4 Å². The van der Waals surface area contributed by atoms with Gasteiger partial charge in [-0.1, -0.05) is 0 Å². The van der Waals surface area contributed by atoms with Gasteiger partial charge in [0.2, 0.25) is 0 Å². The van der Waals surface area contributed by atoms with Gasteiger partial charge in [0.15, 0.2) is 0 Å². The zero-order chi connectivity index (χ0) is 12.3. The predicted molar refractivity (Wildman–Crippen MR) is 62.2 cm³/mol. The molecule has 0 spiro atoms. The molecule has 1 saturated heterocycles. The van der Waals surface area contributed by atoms with Crippen molar-refractivity contribution in [2.24, 2.45) is 0 Å². The SMILES string of the molecule is O=[N+]([O-])c1cc(O)ccc1NC1CCOCC1. The molecule has 0 aromatic heterocycles. The van der Waals surface area contributed by atoms with Gasteiger partial charge in [0.1, 0.15) is 11.4 Å². The lowest BCUT2D eigenvalue weighted by molar-refractivity contribution is -0.384. The van der Waals surface area contributed by atoms with E-state index < -0.39 is 4.92 Å². The van der Waals surface area contributed by atoms with Crippen molar-refractivity contribution >= 4 is 11.4 Å². The van der Waals surface area contributed by atoms with Gasteiger partial charge in [0.25, 0.3) is 5.69 Å². The molecule has 1 aliphatic heterocycles. The molecule has 0 bridgehead atoms. The summed E-state index contributed by atoms with van der Waals surface area (Å²) in [6.45, 7) is 1.34. The molecule has 0 amide bonds. The summed E-state index contributed by atoms with van der Waals surface area (Å²) in [6, 6.07) is 4.31. The van der Waals surface area contributed by atoms with Crippen LogP contribution in [0.4, 0.5) is 11.4 Å². The van der Waals surface area contributed by atoms with E-state index in [1.54, 1.807) is 0 Å². The maximum atomic E-state index is 10.8. The number of ether oxygens (including phenoxy) is 1. The fraction of sp³-hybridized carbons (Fsp3) is 0.455. The average Bonchev–Trinajstić information content (AvgIpc) is 2.32. The van der Waals surface area contributed by atoms with E-state index in [1.165, 1.54) is 12.1 Å². The van der Waals surface area contributed by atoms with E-state index in [0.29, 0.717) is 18.9 Å². The van der Waals surface area contributed by atoms with Crippen LogP contribution in [0.5, 0.6) is 5.75 Å². The fourth-order valence-corrected chi connectivity index (χ4v) is 1.85. The molecule has 1 aliphatic rings. The number of nitrogens with zero attached hydrogens (tertiary/aromatic N) is 1. The molecule has 1 fully saturated rings. The summed E-state index contributed by atoms with van der Waals surface area (Å²) >= 11 is 0. The number of hydrogen-bond acceptors (Lipinski definition) is 5. The number of nitro groups is 1. The summed E-state index contributed by atoms with van der Waals surface area (Å²) in [4.78, 5) is 10.3. The monoisotopic (exact) mass is 238 g/mol. The Balaban J connectivity index is 2.16. The number of rotatable bonds is 3. The molecule has 2 N–H and O–H groups in total. The summed E-state index contributed by atoms with van der Waals surface area (Å²) in [5.74, 6) is -0.103. The third-order valence-corrected chi connectivity index (χ3v) is 2.76. The molecule has 17 heavy (non-hydrogen) atoms. The van der Waals surface area contributed by atoms with Crippen molar-refractivity contribution in [1.82, 2.24) is 0 Å². The van der Waals surface area contributed by atoms with Gasteiger partial charge >= 0.3 is 0 Å². The van der Waals surface area contributed by atoms with Gasteiger partial charge in [-0.05, 0) is 25.0 Å². The fourth-order valence-electron chi connectivity index (χ4n) is 1.85. The van der Waals surface area contributed by atoms with Crippen LogP contribution in [0.25, 0.3) is 0 Å². The first-order valence-electron chi connectivity index (χ1n) is 5.48. The Bertz CT molecular complexity index is 416. The Morgan fingerprint density at radius 2 is 2.12 bits per heavy atom. The van der Waals surface area contributed by atoms with Crippen molar-refractivity contribution in [1.29, 1.82) is 0 Å². The molecule has 0 unspecified atom stereocenters. The van der Waals surface area contributed by atoms with Crippen molar-refractivity contribution in [2.45, 2.75) is 18.9 Å². The van der Waals surface area contributed by atoms with Gasteiger partial charge in [-0.25, -0.2) is 0 Å². The Hall–Kier alpha value is -1.82. The highest BCUT2D eigenvalue weighted by atomic mass is 16.6. The van der Waals surface area contributed by atoms with Crippen LogP contribution in [-0.4, -0.2) is 29.3 Å². The van der Waals surface area contributed by atoms with Gasteiger partial charge in [0.05, 0.1) is 11.0 Å². The van der Waals surface area contributed by atoms with E-state index in [2.05, 4.69) is 5.32 Å². The predicted octanol–water partition coefficient (Wildman–Crippen LogP) is 1.89. The minimum atomic E-state index is -0.499. The van der Waals surface area contributed by atoms with Crippen LogP contribution in [0.2, 0.25) is 0 Å². The van der Waals surface area contributed by atoms with Crippen LogP contribution >= 0.6 is 0 Å². The van der Waals surface area contributed by atoms with Crippen LogP contribution in [0.15, 0.2) is 18.2 Å². The van der Waals surface area contributed by atoms with E-state index >= 15 is 0 Å². The maximum absolute atomic E-state index is 10.8. The van der Waals surface area contributed by atoms with Crippen molar-refractivity contribution in [3.63, 3.8) is 0 Å². The molecular weight excluding hydrogens is 224 g/mol. The van der Waals surface area contributed by atoms with Crippen LogP contribution < -0.4 is 5.32 Å². The average molecular weight is 238 g/mol. The molecular formula is C11H14N2O4. The summed E-state index contributed by atoms with van der Waals surface area (Å²) in [6.07, 6.45) is 1.66. The minimum absolute atomic E-state index is 0.100. The highest BCUT2D eigenvalue weighted by Gasteiger charge is 2.19. The highest BCUT2D eigenvalue weighted by Crippen LogP contribution is 2.29. The summed E-state index contributed by atoms with van der Waals surface area (Å²) in [5.41, 5.74) is 0.344. The lowest BCUT2D eigenvalue weighted by Gasteiger charge is -2.23. The zero-order valence-electron chi connectivity index (χ0n) is 9.26. The summed E-state index contributed by atoms with van der Waals surface area (Å²) < 4.78 is 5.22. The van der Waals surface area contributed by atoms with Gasteiger partial charge in [-0.3, -0.25) is 10.1 Å². The lowest BCUT2D eigenvalue weighted by atomic mass is 10.1. The molecule has 6 nitrogen and oxygen atoms in total. The highest BCUT2D eigenvalue weighted by molar-refractivity contribution is 5.64. The Kier molecular flexibility index (Phi) is 3.43. The van der Waals surface area contributed by atoms with Gasteiger partial charge in [-0.15, -0.1) is 0 Å². The number of nitro benzene ring substituents is 1. The second-order valence-electron chi connectivity index (χ2n) is 3.99. The molecule has 0 saturated carbocycles. The van der Waals surface area contributed by atoms with E-state index in [9.17, 15) is 15.2 Å². The van der Waals surface area contributed by atoms with Crippen molar-refractivity contribution in [3.05, 3.63) is 28.3 Å². The Morgan fingerprint density at radius 3 is 2.76 bits per heavy atom. The Morgan fingerprint density at radius 1 is 1.41 bits per heavy atom. The first-order chi connectivity index (χ1) is 8.16. The summed E-state index contributed by atoms with van der Waals surface area (Å²) in [5, 5.41) is 23.2. The van der Waals surface area contributed by atoms with Gasteiger partial charge < -0.3 is 15.2 Å². The smallest absolute Gasteiger partial charge is 0.296 e. The van der Waals surface area contributed by atoms with Crippen molar-refractivity contribution < 1.29 is 14.8 Å². The van der Waals surface area contributed by atoms with Crippen LogP contribution in [0.3, 0.4) is 0 Å². The number of phenols is 1. The lowest BCUT2D eigenvalue weighted by Crippen LogP contribution is -2.28. The molecule has 0 aliphatic carbocycles. The van der Waals surface area contributed by atoms with E-state index in [-0.39, 0.29) is 17.5 Å². The molecule has 0 radical (unpaired) electrons. The first kappa shape index (κ1) is 11.7. The second kappa shape index (κ2) is 5.01. The molecule has 6 heteroatoms. The number of nitrogens with one attached hydrogen (secondary N) is 1. The van der Waals surface area contributed by atoms with Crippen LogP contribution in [0.1, 0.15) is 12.8 Å². The normalized spacial score (nSPS) is 16.7. The third kappa shape index (κ3) is 2.85. The van der Waals surface area contributed by atoms with Gasteiger partial charge in [-0.2, -0.15) is 0 Å². The molecule has 1 aromatic rings.